The Morgan fingerprint density at radius 1 is 0.857 bits per heavy atom. The van der Waals surface area contributed by atoms with E-state index in [0.717, 1.165) is 0 Å². The molecule has 0 heteroatoms. The van der Waals surface area contributed by atoms with Crippen LogP contribution in [0.4, 0.5) is 0 Å². The molecule has 0 fully saturated rings. The highest BCUT2D eigenvalue weighted by atomic mass is 14.2. The van der Waals surface area contributed by atoms with Crippen LogP contribution in [0.2, 0.25) is 0 Å². The van der Waals surface area contributed by atoms with Crippen LogP contribution < -0.4 is 0 Å². The smallest absolute Gasteiger partial charge is 0.0193 e. The molecule has 2 aliphatic rings. The Labute approximate surface area is 85.6 Å². The molecule has 0 aromatic heterocycles. The molecular weight excluding hydrogens is 168 g/mol. The number of allylic oxidation sites excluding steroid dienone is 1. The standard InChI is InChI=1S/C14H16/c1-2-5-11-9-10-12-6-4-8-14(12)13(11)7-3-1/h3,7,9-10H,1-2,4-6,8H2. The molecule has 0 nitrogen and oxygen atoms in total. The van der Waals surface area contributed by atoms with Gasteiger partial charge in [0, 0.05) is 0 Å². The van der Waals surface area contributed by atoms with Gasteiger partial charge in [-0.3, -0.25) is 0 Å². The van der Waals surface area contributed by atoms with E-state index in [0.29, 0.717) is 0 Å². The van der Waals surface area contributed by atoms with Crippen LogP contribution in [0, 0.1) is 0 Å². The van der Waals surface area contributed by atoms with Crippen LogP contribution in [0.25, 0.3) is 6.08 Å². The average molecular weight is 184 g/mol. The number of rotatable bonds is 0. The maximum absolute atomic E-state index is 2.37. The van der Waals surface area contributed by atoms with Crippen molar-refractivity contribution >= 4 is 6.08 Å². The lowest BCUT2D eigenvalue weighted by molar-refractivity contribution is 0.850. The van der Waals surface area contributed by atoms with Gasteiger partial charge < -0.3 is 0 Å². The van der Waals surface area contributed by atoms with Gasteiger partial charge >= 0.3 is 0 Å². The zero-order chi connectivity index (χ0) is 9.38. The lowest BCUT2D eigenvalue weighted by Gasteiger charge is -2.09. The van der Waals surface area contributed by atoms with E-state index in [9.17, 15) is 0 Å². The summed E-state index contributed by atoms with van der Waals surface area (Å²) in [5.74, 6) is 0. The summed E-state index contributed by atoms with van der Waals surface area (Å²) in [7, 11) is 0. The fourth-order valence-corrected chi connectivity index (χ4v) is 2.78. The fraction of sp³-hybridized carbons (Fsp3) is 0.429. The third-order valence-corrected chi connectivity index (χ3v) is 3.52. The normalized spacial score (nSPS) is 18.9. The molecule has 72 valence electrons. The second-order valence-electron chi connectivity index (χ2n) is 4.42. The van der Waals surface area contributed by atoms with Crippen molar-refractivity contribution in [1.82, 2.24) is 0 Å². The van der Waals surface area contributed by atoms with Crippen molar-refractivity contribution in [3.63, 3.8) is 0 Å². The van der Waals surface area contributed by atoms with Gasteiger partial charge in [-0.25, -0.2) is 0 Å². The zero-order valence-electron chi connectivity index (χ0n) is 8.55. The molecule has 0 aliphatic heterocycles. The molecular formula is C14H16. The summed E-state index contributed by atoms with van der Waals surface area (Å²) in [5.41, 5.74) is 6.41. The van der Waals surface area contributed by atoms with E-state index >= 15 is 0 Å². The quantitative estimate of drug-likeness (QED) is 0.578. The van der Waals surface area contributed by atoms with Gasteiger partial charge in [-0.05, 0) is 60.8 Å². The van der Waals surface area contributed by atoms with Crippen molar-refractivity contribution in [2.24, 2.45) is 0 Å². The summed E-state index contributed by atoms with van der Waals surface area (Å²) in [4.78, 5) is 0. The van der Waals surface area contributed by atoms with Crippen molar-refractivity contribution in [1.29, 1.82) is 0 Å². The van der Waals surface area contributed by atoms with E-state index in [1.54, 1.807) is 22.3 Å². The van der Waals surface area contributed by atoms with Gasteiger partial charge in [0.25, 0.3) is 0 Å². The number of hydrogen-bond acceptors (Lipinski definition) is 0. The summed E-state index contributed by atoms with van der Waals surface area (Å²) in [5, 5.41) is 0. The van der Waals surface area contributed by atoms with E-state index in [1.165, 1.54) is 38.5 Å². The largest absolute Gasteiger partial charge is 0.0839 e. The van der Waals surface area contributed by atoms with Gasteiger partial charge in [-0.1, -0.05) is 24.3 Å². The molecule has 0 saturated heterocycles. The molecule has 0 heterocycles. The minimum atomic E-state index is 1.25. The van der Waals surface area contributed by atoms with Crippen molar-refractivity contribution in [2.45, 2.75) is 38.5 Å². The molecule has 0 saturated carbocycles. The van der Waals surface area contributed by atoms with Gasteiger partial charge in [0.15, 0.2) is 0 Å². The van der Waals surface area contributed by atoms with E-state index in [-0.39, 0.29) is 0 Å². The molecule has 0 N–H and O–H groups in total. The minimum absolute atomic E-state index is 1.25. The number of benzene rings is 1. The minimum Gasteiger partial charge on any atom is -0.0839 e. The molecule has 1 aromatic rings. The van der Waals surface area contributed by atoms with Crippen molar-refractivity contribution in [2.75, 3.05) is 0 Å². The fourth-order valence-electron chi connectivity index (χ4n) is 2.78. The Morgan fingerprint density at radius 2 is 1.71 bits per heavy atom. The molecule has 3 rings (SSSR count). The third kappa shape index (κ3) is 1.21. The van der Waals surface area contributed by atoms with Gasteiger partial charge in [-0.2, -0.15) is 0 Å². The predicted octanol–water partition coefficient (Wildman–Crippen LogP) is 3.52. The van der Waals surface area contributed by atoms with Crippen LogP contribution in [0.15, 0.2) is 18.2 Å². The monoisotopic (exact) mass is 184 g/mol. The average Bonchev–Trinajstić information content (AvgIpc) is 2.55. The molecule has 14 heavy (non-hydrogen) atoms. The molecule has 0 amide bonds. The summed E-state index contributed by atoms with van der Waals surface area (Å²) in [6.07, 6.45) is 12.5. The zero-order valence-corrected chi connectivity index (χ0v) is 8.55. The number of hydrogen-bond donors (Lipinski definition) is 0. The van der Waals surface area contributed by atoms with Crippen LogP contribution in [0.3, 0.4) is 0 Å². The lowest BCUT2D eigenvalue weighted by atomic mass is 9.96. The number of fused-ring (bicyclic) bond motifs is 3. The molecule has 0 unspecified atom stereocenters. The second-order valence-corrected chi connectivity index (χ2v) is 4.42. The highest BCUT2D eigenvalue weighted by Crippen LogP contribution is 2.31. The molecule has 1 aromatic carbocycles. The maximum atomic E-state index is 2.37. The summed E-state index contributed by atoms with van der Waals surface area (Å²) >= 11 is 0. The highest BCUT2D eigenvalue weighted by Gasteiger charge is 2.16. The molecule has 2 aliphatic carbocycles. The lowest BCUT2D eigenvalue weighted by Crippen LogP contribution is -1.94. The van der Waals surface area contributed by atoms with Crippen molar-refractivity contribution in [3.05, 3.63) is 40.5 Å². The van der Waals surface area contributed by atoms with Gasteiger partial charge in [-0.15, -0.1) is 0 Å². The Bertz CT molecular complexity index is 385. The summed E-state index contributed by atoms with van der Waals surface area (Å²) in [6.45, 7) is 0. The first-order valence-electron chi connectivity index (χ1n) is 5.75. The molecule has 0 bridgehead atoms. The summed E-state index contributed by atoms with van der Waals surface area (Å²) < 4.78 is 0. The second kappa shape index (κ2) is 3.27. The van der Waals surface area contributed by atoms with Crippen LogP contribution in [-0.2, 0) is 19.3 Å². The van der Waals surface area contributed by atoms with Crippen molar-refractivity contribution in [3.8, 4) is 0 Å². The first-order chi connectivity index (χ1) is 6.95. The maximum Gasteiger partial charge on any atom is -0.0193 e. The van der Waals surface area contributed by atoms with Crippen LogP contribution in [-0.4, -0.2) is 0 Å². The molecule has 0 radical (unpaired) electrons. The summed E-state index contributed by atoms with van der Waals surface area (Å²) in [6, 6.07) is 4.72. The van der Waals surface area contributed by atoms with E-state index < -0.39 is 0 Å². The van der Waals surface area contributed by atoms with Gasteiger partial charge in [0.05, 0.1) is 0 Å². The SMILES string of the molecule is C1=Cc2c(ccc3c2CCC3)CCC1. The predicted molar refractivity (Wildman–Crippen MR) is 60.4 cm³/mol. The molecule has 0 atom stereocenters. The third-order valence-electron chi connectivity index (χ3n) is 3.52. The Hall–Kier alpha value is -1.04. The van der Waals surface area contributed by atoms with Gasteiger partial charge in [0.1, 0.15) is 0 Å². The Balaban J connectivity index is 2.19. The van der Waals surface area contributed by atoms with Crippen LogP contribution >= 0.6 is 0 Å². The highest BCUT2D eigenvalue weighted by molar-refractivity contribution is 5.62. The van der Waals surface area contributed by atoms with E-state index in [1.807, 2.05) is 0 Å². The Morgan fingerprint density at radius 3 is 2.71 bits per heavy atom. The van der Waals surface area contributed by atoms with Crippen LogP contribution in [0.5, 0.6) is 0 Å². The number of aryl methyl sites for hydroxylation is 2. The van der Waals surface area contributed by atoms with Gasteiger partial charge in [0.2, 0.25) is 0 Å². The molecule has 0 spiro atoms. The van der Waals surface area contributed by atoms with E-state index in [4.69, 9.17) is 0 Å². The van der Waals surface area contributed by atoms with E-state index in [2.05, 4.69) is 24.3 Å². The van der Waals surface area contributed by atoms with Crippen LogP contribution in [0.1, 0.15) is 41.5 Å². The first-order valence-corrected chi connectivity index (χ1v) is 5.75. The van der Waals surface area contributed by atoms with Crippen molar-refractivity contribution < 1.29 is 0 Å². The Kier molecular flexibility index (Phi) is 1.93. The topological polar surface area (TPSA) is 0 Å². The first kappa shape index (κ1) is 8.28.